The van der Waals surface area contributed by atoms with Gasteiger partial charge in [0.1, 0.15) is 3.53 Å². The molecular formula is C13H22S3. The second-order valence-corrected chi connectivity index (χ2v) is 8.81. The first-order chi connectivity index (χ1) is 7.84. The van der Waals surface area contributed by atoms with Crippen LogP contribution < -0.4 is 0 Å². The van der Waals surface area contributed by atoms with Crippen LogP contribution in [0.2, 0.25) is 0 Å². The van der Waals surface area contributed by atoms with Gasteiger partial charge in [-0.3, -0.25) is 0 Å². The molecule has 0 nitrogen and oxygen atoms in total. The van der Waals surface area contributed by atoms with Crippen LogP contribution in [0.1, 0.15) is 64.2 Å². The molecule has 2 rings (SSSR count). The highest BCUT2D eigenvalue weighted by atomic mass is 32.2. The minimum absolute atomic E-state index is 0.845. The van der Waals surface area contributed by atoms with Crippen molar-refractivity contribution >= 4 is 39.3 Å². The van der Waals surface area contributed by atoms with Crippen molar-refractivity contribution in [2.24, 2.45) is 0 Å². The van der Waals surface area contributed by atoms with Crippen LogP contribution in [0.15, 0.2) is 0 Å². The first-order valence-electron chi connectivity index (χ1n) is 6.72. The maximum Gasteiger partial charge on any atom is 0.104 e. The predicted octanol–water partition coefficient (Wildman–Crippen LogP) is 5.40. The van der Waals surface area contributed by atoms with Gasteiger partial charge in [-0.1, -0.05) is 50.7 Å². The Bertz CT molecular complexity index is 193. The fraction of sp³-hybridized carbons (Fsp3) is 0.923. The van der Waals surface area contributed by atoms with E-state index in [2.05, 4.69) is 0 Å². The van der Waals surface area contributed by atoms with E-state index in [4.69, 9.17) is 12.2 Å². The van der Waals surface area contributed by atoms with Crippen LogP contribution in [0.3, 0.4) is 0 Å². The molecule has 0 heterocycles. The zero-order valence-electron chi connectivity index (χ0n) is 9.95. The molecule has 0 atom stereocenters. The smallest absolute Gasteiger partial charge is 0.104 e. The van der Waals surface area contributed by atoms with Gasteiger partial charge in [-0.15, -0.1) is 23.5 Å². The van der Waals surface area contributed by atoms with Crippen molar-refractivity contribution in [2.45, 2.75) is 74.7 Å². The first-order valence-corrected chi connectivity index (χ1v) is 8.88. The Morgan fingerprint density at radius 1 is 0.688 bits per heavy atom. The standard InChI is InChI=1S/C13H22S3/c14-13(15-11-7-3-1-4-8-11)16-12-9-5-2-6-10-12/h11-12H,1-10H2. The van der Waals surface area contributed by atoms with Crippen molar-refractivity contribution < 1.29 is 0 Å². The van der Waals surface area contributed by atoms with Crippen molar-refractivity contribution in [1.82, 2.24) is 0 Å². The molecule has 16 heavy (non-hydrogen) atoms. The van der Waals surface area contributed by atoms with Gasteiger partial charge < -0.3 is 0 Å². The molecule has 0 unspecified atom stereocenters. The van der Waals surface area contributed by atoms with E-state index in [1.54, 1.807) is 0 Å². The fourth-order valence-electron chi connectivity index (χ4n) is 2.67. The Morgan fingerprint density at radius 3 is 1.44 bits per heavy atom. The van der Waals surface area contributed by atoms with Crippen molar-refractivity contribution in [1.29, 1.82) is 0 Å². The number of hydrogen-bond donors (Lipinski definition) is 0. The summed E-state index contributed by atoms with van der Waals surface area (Å²) < 4.78 is 1.24. The second-order valence-electron chi connectivity index (χ2n) is 5.01. The molecule has 0 aromatic heterocycles. The maximum atomic E-state index is 5.54. The Kier molecular flexibility index (Phi) is 6.01. The van der Waals surface area contributed by atoms with Gasteiger partial charge in [-0.05, 0) is 25.7 Å². The summed E-state index contributed by atoms with van der Waals surface area (Å²) in [5.74, 6) is 0. The molecule has 0 amide bonds. The lowest BCUT2D eigenvalue weighted by Gasteiger charge is -2.24. The van der Waals surface area contributed by atoms with Gasteiger partial charge in [-0.25, -0.2) is 0 Å². The Labute approximate surface area is 114 Å². The number of thioether (sulfide) groups is 2. The molecule has 2 aliphatic rings. The van der Waals surface area contributed by atoms with E-state index >= 15 is 0 Å². The predicted molar refractivity (Wildman–Crippen MR) is 81.5 cm³/mol. The average molecular weight is 275 g/mol. The van der Waals surface area contributed by atoms with Crippen LogP contribution >= 0.6 is 35.7 Å². The van der Waals surface area contributed by atoms with E-state index in [1.165, 1.54) is 67.7 Å². The van der Waals surface area contributed by atoms with E-state index in [0.717, 1.165) is 10.5 Å². The van der Waals surface area contributed by atoms with Crippen molar-refractivity contribution in [3.05, 3.63) is 0 Å². The third-order valence-corrected chi connectivity index (χ3v) is 6.78. The molecule has 0 radical (unpaired) electrons. The molecule has 2 aliphatic carbocycles. The van der Waals surface area contributed by atoms with Gasteiger partial charge >= 0.3 is 0 Å². The van der Waals surface area contributed by atoms with Gasteiger partial charge in [0.05, 0.1) is 0 Å². The van der Waals surface area contributed by atoms with Crippen molar-refractivity contribution in [3.63, 3.8) is 0 Å². The second kappa shape index (κ2) is 7.27. The van der Waals surface area contributed by atoms with Crippen LogP contribution in [-0.2, 0) is 0 Å². The number of thiocarbonyl (C=S) groups is 1. The van der Waals surface area contributed by atoms with Crippen LogP contribution in [0.5, 0.6) is 0 Å². The minimum Gasteiger partial charge on any atom is -0.104 e. The summed E-state index contributed by atoms with van der Waals surface area (Å²) in [6, 6.07) is 0. The Hall–Kier alpha value is 0.790. The molecule has 2 saturated carbocycles. The molecule has 0 aromatic rings. The van der Waals surface area contributed by atoms with Crippen LogP contribution in [0.25, 0.3) is 0 Å². The topological polar surface area (TPSA) is 0 Å². The normalized spacial score (nSPS) is 24.5. The van der Waals surface area contributed by atoms with E-state index in [0.29, 0.717) is 0 Å². The summed E-state index contributed by atoms with van der Waals surface area (Å²) >= 11 is 9.56. The summed E-state index contributed by atoms with van der Waals surface area (Å²) in [5, 5.41) is 1.69. The molecule has 2 fully saturated rings. The lowest BCUT2D eigenvalue weighted by Crippen LogP contribution is -2.13. The Morgan fingerprint density at radius 2 is 1.06 bits per heavy atom. The van der Waals surface area contributed by atoms with E-state index in [9.17, 15) is 0 Å². The third-order valence-electron chi connectivity index (χ3n) is 3.63. The zero-order chi connectivity index (χ0) is 11.2. The molecule has 0 aromatic carbocycles. The molecule has 0 aliphatic heterocycles. The lowest BCUT2D eigenvalue weighted by molar-refractivity contribution is 0.516. The van der Waals surface area contributed by atoms with Crippen LogP contribution in [-0.4, -0.2) is 14.0 Å². The summed E-state index contributed by atoms with van der Waals surface area (Å²) in [6.07, 6.45) is 14.2. The van der Waals surface area contributed by atoms with E-state index < -0.39 is 0 Å². The van der Waals surface area contributed by atoms with Crippen molar-refractivity contribution in [2.75, 3.05) is 0 Å². The molecule has 0 saturated heterocycles. The fourth-order valence-corrected chi connectivity index (χ4v) is 6.20. The first kappa shape index (κ1) is 13.2. The lowest BCUT2D eigenvalue weighted by atomic mass is 10.0. The van der Waals surface area contributed by atoms with Gasteiger partial charge in [0, 0.05) is 10.5 Å². The van der Waals surface area contributed by atoms with Gasteiger partial charge in [-0.2, -0.15) is 0 Å². The highest BCUT2D eigenvalue weighted by molar-refractivity contribution is 8.47. The van der Waals surface area contributed by atoms with Gasteiger partial charge in [0.2, 0.25) is 0 Å². The summed E-state index contributed by atoms with van der Waals surface area (Å²) in [5.41, 5.74) is 0. The highest BCUT2D eigenvalue weighted by Crippen LogP contribution is 2.37. The van der Waals surface area contributed by atoms with Gasteiger partial charge in [0.15, 0.2) is 0 Å². The quantitative estimate of drug-likeness (QED) is 0.619. The van der Waals surface area contributed by atoms with Crippen LogP contribution in [0.4, 0.5) is 0 Å². The van der Waals surface area contributed by atoms with Gasteiger partial charge in [0.25, 0.3) is 0 Å². The third kappa shape index (κ3) is 4.58. The molecular weight excluding hydrogens is 252 g/mol. The van der Waals surface area contributed by atoms with Crippen molar-refractivity contribution in [3.8, 4) is 0 Å². The highest BCUT2D eigenvalue weighted by Gasteiger charge is 2.20. The van der Waals surface area contributed by atoms with E-state index in [-0.39, 0.29) is 0 Å². The summed E-state index contributed by atoms with van der Waals surface area (Å²) in [7, 11) is 0. The molecule has 92 valence electrons. The maximum absolute atomic E-state index is 5.54. The monoisotopic (exact) mass is 274 g/mol. The summed E-state index contributed by atoms with van der Waals surface area (Å²) in [4.78, 5) is 0. The molecule has 0 N–H and O–H groups in total. The zero-order valence-corrected chi connectivity index (χ0v) is 12.4. The minimum atomic E-state index is 0.845. The summed E-state index contributed by atoms with van der Waals surface area (Å²) in [6.45, 7) is 0. The molecule has 0 spiro atoms. The molecule has 0 bridgehead atoms. The average Bonchev–Trinajstić information content (AvgIpc) is 2.31. The number of hydrogen-bond acceptors (Lipinski definition) is 3. The SMILES string of the molecule is S=C(SC1CCCCC1)SC1CCCCC1. The largest absolute Gasteiger partial charge is 0.104 e. The molecule has 3 heteroatoms. The number of rotatable bonds is 2. The van der Waals surface area contributed by atoms with Crippen LogP contribution in [0, 0.1) is 0 Å². The van der Waals surface area contributed by atoms with E-state index in [1.807, 2.05) is 23.5 Å². The Balaban J connectivity index is 1.66.